The van der Waals surface area contributed by atoms with E-state index >= 15 is 0 Å². The Labute approximate surface area is 427 Å². The van der Waals surface area contributed by atoms with Gasteiger partial charge in [0.15, 0.2) is 6.10 Å². The molecule has 0 aliphatic heterocycles. The standard InChI is InChI=1S/C63H110O6/c1-4-7-10-13-16-19-22-25-28-30-31-33-35-38-41-44-47-50-53-56-62(65)68-59-60(58-67-61(64)55-52-49-46-43-40-37-34-27-24-21-18-15-12-9-6-3)69-63(66)57-54-51-48-45-42-39-36-32-29-26-23-20-17-14-11-8-5-2/h7,10,16,19,21,24-25,28,31,33,38,41,60H,4-6,8-9,11-15,17-18,20,22-23,26-27,29-30,32,34-37,39-40,42-59H2,1-3H3/b10-7+,19-16+,24-21+,28-25+,33-31+,41-38+/t60-/m1/s1. The van der Waals surface area contributed by atoms with Gasteiger partial charge < -0.3 is 14.2 Å². The number of carbonyl (C=O) groups is 3. The van der Waals surface area contributed by atoms with Gasteiger partial charge in [-0.05, 0) is 89.9 Å². The van der Waals surface area contributed by atoms with Crippen LogP contribution in [-0.4, -0.2) is 37.2 Å². The van der Waals surface area contributed by atoms with Gasteiger partial charge in [0.05, 0.1) is 0 Å². The number of esters is 3. The monoisotopic (exact) mass is 963 g/mol. The normalized spacial score (nSPS) is 12.6. The Morgan fingerprint density at radius 2 is 0.565 bits per heavy atom. The second-order valence-electron chi connectivity index (χ2n) is 19.5. The first-order valence-electron chi connectivity index (χ1n) is 29.4. The van der Waals surface area contributed by atoms with Crippen LogP contribution in [0.4, 0.5) is 0 Å². The summed E-state index contributed by atoms with van der Waals surface area (Å²) in [7, 11) is 0. The van der Waals surface area contributed by atoms with E-state index in [2.05, 4.69) is 93.7 Å². The molecule has 0 aromatic rings. The van der Waals surface area contributed by atoms with E-state index in [1.165, 1.54) is 154 Å². The maximum atomic E-state index is 12.9. The molecule has 0 N–H and O–H groups in total. The number of allylic oxidation sites excluding steroid dienone is 12. The van der Waals surface area contributed by atoms with Crippen molar-refractivity contribution >= 4 is 17.9 Å². The summed E-state index contributed by atoms with van der Waals surface area (Å²) < 4.78 is 16.9. The zero-order chi connectivity index (χ0) is 50.0. The van der Waals surface area contributed by atoms with Gasteiger partial charge in [-0.15, -0.1) is 0 Å². The van der Waals surface area contributed by atoms with Crippen molar-refractivity contribution in [3.63, 3.8) is 0 Å². The second kappa shape index (κ2) is 57.4. The summed E-state index contributed by atoms with van der Waals surface area (Å²) >= 11 is 0. The molecule has 0 fully saturated rings. The second-order valence-corrected chi connectivity index (χ2v) is 19.5. The molecule has 0 spiro atoms. The Bertz CT molecular complexity index is 1290. The molecule has 1 atom stereocenters. The minimum absolute atomic E-state index is 0.0860. The summed E-state index contributed by atoms with van der Waals surface area (Å²) in [4.78, 5) is 38.2. The molecule has 0 saturated carbocycles. The average molecular weight is 964 g/mol. The maximum Gasteiger partial charge on any atom is 0.306 e. The van der Waals surface area contributed by atoms with Gasteiger partial charge in [0, 0.05) is 19.3 Å². The summed E-state index contributed by atoms with van der Waals surface area (Å²) in [6.07, 6.45) is 73.2. The van der Waals surface area contributed by atoms with E-state index in [1.54, 1.807) is 0 Å². The van der Waals surface area contributed by atoms with Gasteiger partial charge >= 0.3 is 17.9 Å². The van der Waals surface area contributed by atoms with E-state index < -0.39 is 6.10 Å². The Kier molecular flexibility index (Phi) is 54.8. The molecule has 69 heavy (non-hydrogen) atoms. The summed E-state index contributed by atoms with van der Waals surface area (Å²) in [5.74, 6) is -0.911. The minimum Gasteiger partial charge on any atom is -0.462 e. The zero-order valence-corrected chi connectivity index (χ0v) is 45.6. The fraction of sp³-hybridized carbons (Fsp3) is 0.762. The molecule has 6 heteroatoms. The van der Waals surface area contributed by atoms with Crippen molar-refractivity contribution in [2.45, 2.75) is 297 Å². The van der Waals surface area contributed by atoms with Crippen LogP contribution in [0.25, 0.3) is 0 Å². The molecule has 0 rings (SSSR count). The van der Waals surface area contributed by atoms with Gasteiger partial charge in [-0.3, -0.25) is 14.4 Å². The lowest BCUT2D eigenvalue weighted by Crippen LogP contribution is -2.30. The van der Waals surface area contributed by atoms with Gasteiger partial charge in [0.25, 0.3) is 0 Å². The van der Waals surface area contributed by atoms with Crippen LogP contribution in [0.3, 0.4) is 0 Å². The largest absolute Gasteiger partial charge is 0.462 e. The fourth-order valence-corrected chi connectivity index (χ4v) is 8.29. The van der Waals surface area contributed by atoms with Crippen molar-refractivity contribution in [1.82, 2.24) is 0 Å². The van der Waals surface area contributed by atoms with E-state index in [0.29, 0.717) is 19.3 Å². The lowest BCUT2D eigenvalue weighted by molar-refractivity contribution is -0.167. The predicted molar refractivity (Wildman–Crippen MR) is 298 cm³/mol. The number of unbranched alkanes of at least 4 members (excludes halogenated alkanes) is 30. The lowest BCUT2D eigenvalue weighted by atomic mass is 10.0. The first-order valence-corrected chi connectivity index (χ1v) is 29.4. The summed E-state index contributed by atoms with van der Waals surface area (Å²) in [6, 6.07) is 0. The maximum absolute atomic E-state index is 12.9. The van der Waals surface area contributed by atoms with E-state index in [4.69, 9.17) is 14.2 Å². The molecule has 0 aromatic heterocycles. The van der Waals surface area contributed by atoms with Gasteiger partial charge in [0.1, 0.15) is 13.2 Å². The molecule has 0 aliphatic rings. The number of hydrogen-bond donors (Lipinski definition) is 0. The number of hydrogen-bond acceptors (Lipinski definition) is 6. The van der Waals surface area contributed by atoms with Gasteiger partial charge in [0.2, 0.25) is 0 Å². The third kappa shape index (κ3) is 55.6. The van der Waals surface area contributed by atoms with Gasteiger partial charge in [-0.25, -0.2) is 0 Å². The zero-order valence-electron chi connectivity index (χ0n) is 45.6. The van der Waals surface area contributed by atoms with E-state index in [1.807, 2.05) is 0 Å². The van der Waals surface area contributed by atoms with Gasteiger partial charge in [-0.1, -0.05) is 254 Å². The first kappa shape index (κ1) is 65.8. The average Bonchev–Trinajstić information content (AvgIpc) is 3.35. The van der Waals surface area contributed by atoms with Crippen LogP contribution in [0.1, 0.15) is 290 Å². The van der Waals surface area contributed by atoms with Crippen molar-refractivity contribution in [3.8, 4) is 0 Å². The Balaban J connectivity index is 4.42. The summed E-state index contributed by atoms with van der Waals surface area (Å²) in [6.45, 7) is 6.51. The highest BCUT2D eigenvalue weighted by molar-refractivity contribution is 5.71. The Morgan fingerprint density at radius 3 is 0.928 bits per heavy atom. The smallest absolute Gasteiger partial charge is 0.306 e. The molecular formula is C63H110O6. The lowest BCUT2D eigenvalue weighted by Gasteiger charge is -2.18. The molecule has 0 amide bonds. The molecule has 0 bridgehead atoms. The van der Waals surface area contributed by atoms with Crippen molar-refractivity contribution in [2.24, 2.45) is 0 Å². The molecular weight excluding hydrogens is 853 g/mol. The highest BCUT2D eigenvalue weighted by atomic mass is 16.6. The van der Waals surface area contributed by atoms with Crippen LogP contribution in [0.2, 0.25) is 0 Å². The summed E-state index contributed by atoms with van der Waals surface area (Å²) in [5.41, 5.74) is 0. The highest BCUT2D eigenvalue weighted by Crippen LogP contribution is 2.16. The number of ether oxygens (including phenoxy) is 3. The molecule has 0 aromatic carbocycles. The molecule has 398 valence electrons. The molecule has 6 nitrogen and oxygen atoms in total. The highest BCUT2D eigenvalue weighted by Gasteiger charge is 2.19. The van der Waals surface area contributed by atoms with Crippen molar-refractivity contribution in [3.05, 3.63) is 72.9 Å². The molecule has 0 aliphatic carbocycles. The minimum atomic E-state index is -0.789. The van der Waals surface area contributed by atoms with Crippen LogP contribution in [-0.2, 0) is 28.6 Å². The van der Waals surface area contributed by atoms with Crippen LogP contribution in [0.5, 0.6) is 0 Å². The van der Waals surface area contributed by atoms with Gasteiger partial charge in [-0.2, -0.15) is 0 Å². The predicted octanol–water partition coefficient (Wildman–Crippen LogP) is 19.8. The van der Waals surface area contributed by atoms with Crippen LogP contribution >= 0.6 is 0 Å². The fourth-order valence-electron chi connectivity index (χ4n) is 8.29. The number of carbonyl (C=O) groups excluding carboxylic acids is 3. The Morgan fingerprint density at radius 1 is 0.304 bits per heavy atom. The molecule has 0 unspecified atom stereocenters. The third-order valence-corrected chi connectivity index (χ3v) is 12.7. The van der Waals surface area contributed by atoms with Crippen molar-refractivity contribution in [2.75, 3.05) is 13.2 Å². The van der Waals surface area contributed by atoms with Crippen molar-refractivity contribution in [1.29, 1.82) is 0 Å². The quantitative estimate of drug-likeness (QED) is 0.0262. The number of rotatable bonds is 53. The molecule has 0 radical (unpaired) electrons. The molecule has 0 heterocycles. The van der Waals surface area contributed by atoms with Crippen LogP contribution < -0.4 is 0 Å². The SMILES string of the molecule is CC/C=C/C/C=C/C/C=C/C/C=C/C/C=C/CCCCCC(=O)OC[C@@H](COC(=O)CCCCCCCCC/C=C/CCCCCC)OC(=O)CCCCCCCCCCCCCCCCCCC. The van der Waals surface area contributed by atoms with Crippen molar-refractivity contribution < 1.29 is 28.6 Å². The third-order valence-electron chi connectivity index (χ3n) is 12.7. The van der Waals surface area contributed by atoms with E-state index in [-0.39, 0.29) is 31.1 Å². The van der Waals surface area contributed by atoms with Crippen LogP contribution in [0.15, 0.2) is 72.9 Å². The topological polar surface area (TPSA) is 78.9 Å². The van der Waals surface area contributed by atoms with Crippen LogP contribution in [0, 0.1) is 0 Å². The Hall–Kier alpha value is -3.15. The first-order chi connectivity index (χ1) is 34.0. The summed E-state index contributed by atoms with van der Waals surface area (Å²) in [5, 5.41) is 0. The van der Waals surface area contributed by atoms with E-state index in [9.17, 15) is 14.4 Å². The van der Waals surface area contributed by atoms with E-state index in [0.717, 1.165) is 96.3 Å². The molecule has 0 saturated heterocycles.